The van der Waals surface area contributed by atoms with Crippen LogP contribution in [0.4, 0.5) is 11.6 Å². The summed E-state index contributed by atoms with van der Waals surface area (Å²) in [5, 5.41) is 12.3. The summed E-state index contributed by atoms with van der Waals surface area (Å²) < 4.78 is 5.13. The van der Waals surface area contributed by atoms with E-state index in [2.05, 4.69) is 20.7 Å². The van der Waals surface area contributed by atoms with Crippen LogP contribution in [0.5, 0.6) is 0 Å². The molecule has 0 radical (unpaired) electrons. The summed E-state index contributed by atoms with van der Waals surface area (Å²) >= 11 is 0. The summed E-state index contributed by atoms with van der Waals surface area (Å²) in [6, 6.07) is 1.72. The number of hydrogen-bond acceptors (Lipinski definition) is 7. The molecular formula is C13H25N5O2. The van der Waals surface area contributed by atoms with E-state index in [4.69, 9.17) is 15.7 Å². The van der Waals surface area contributed by atoms with Crippen molar-refractivity contribution in [2.24, 2.45) is 5.84 Å². The van der Waals surface area contributed by atoms with Gasteiger partial charge in [-0.05, 0) is 6.42 Å². The molecule has 0 saturated carbocycles. The molecule has 20 heavy (non-hydrogen) atoms. The summed E-state index contributed by atoms with van der Waals surface area (Å²) in [6.07, 6.45) is 0.577. The highest BCUT2D eigenvalue weighted by atomic mass is 16.5. The van der Waals surface area contributed by atoms with Crippen LogP contribution in [0, 0.1) is 0 Å². The summed E-state index contributed by atoms with van der Waals surface area (Å²) in [5.74, 6) is 7.35. The third kappa shape index (κ3) is 4.92. The van der Waals surface area contributed by atoms with E-state index in [1.54, 1.807) is 13.2 Å². The Morgan fingerprint density at radius 3 is 2.50 bits per heavy atom. The number of aromatic nitrogens is 2. The van der Waals surface area contributed by atoms with Gasteiger partial charge in [-0.1, -0.05) is 20.8 Å². The van der Waals surface area contributed by atoms with Gasteiger partial charge in [-0.3, -0.25) is 0 Å². The van der Waals surface area contributed by atoms with Crippen LogP contribution in [-0.4, -0.2) is 41.4 Å². The highest BCUT2D eigenvalue weighted by molar-refractivity contribution is 5.48. The van der Waals surface area contributed by atoms with E-state index >= 15 is 0 Å². The molecule has 0 amide bonds. The zero-order valence-electron chi connectivity index (χ0n) is 12.6. The van der Waals surface area contributed by atoms with Gasteiger partial charge in [0.05, 0.1) is 12.6 Å². The predicted molar refractivity (Wildman–Crippen MR) is 79.5 cm³/mol. The van der Waals surface area contributed by atoms with Gasteiger partial charge < -0.3 is 20.6 Å². The Bertz CT molecular complexity index is 414. The first-order chi connectivity index (χ1) is 9.40. The van der Waals surface area contributed by atoms with E-state index in [1.807, 2.05) is 20.8 Å². The molecule has 0 spiro atoms. The van der Waals surface area contributed by atoms with Crippen molar-refractivity contribution < 1.29 is 9.84 Å². The van der Waals surface area contributed by atoms with Crippen LogP contribution in [0.1, 0.15) is 33.0 Å². The lowest BCUT2D eigenvalue weighted by molar-refractivity contribution is 0.170. The third-order valence-corrected chi connectivity index (χ3v) is 2.74. The molecule has 0 saturated heterocycles. The lowest BCUT2D eigenvalue weighted by Gasteiger charge is -2.21. The van der Waals surface area contributed by atoms with Crippen LogP contribution < -0.4 is 16.6 Å². The fourth-order valence-electron chi connectivity index (χ4n) is 1.69. The molecule has 1 atom stereocenters. The maximum atomic E-state index is 9.07. The van der Waals surface area contributed by atoms with Gasteiger partial charge >= 0.3 is 0 Å². The highest BCUT2D eigenvalue weighted by Crippen LogP contribution is 2.22. The van der Waals surface area contributed by atoms with E-state index in [-0.39, 0.29) is 18.1 Å². The van der Waals surface area contributed by atoms with E-state index in [0.717, 1.165) is 0 Å². The number of methoxy groups -OCH3 is 1. The van der Waals surface area contributed by atoms with E-state index < -0.39 is 0 Å². The number of aliphatic hydroxyl groups excluding tert-OH is 1. The lowest BCUT2D eigenvalue weighted by atomic mass is 9.96. The predicted octanol–water partition coefficient (Wildman–Crippen LogP) is 0.869. The number of anilines is 2. The molecule has 0 aromatic carbocycles. The van der Waals surface area contributed by atoms with Crippen LogP contribution in [0.3, 0.4) is 0 Å². The van der Waals surface area contributed by atoms with Crippen molar-refractivity contribution in [1.82, 2.24) is 9.97 Å². The number of nitrogens with zero attached hydrogens (tertiary/aromatic N) is 2. The molecule has 5 N–H and O–H groups in total. The van der Waals surface area contributed by atoms with Gasteiger partial charge in [-0.15, -0.1) is 0 Å². The zero-order valence-corrected chi connectivity index (χ0v) is 12.6. The smallest absolute Gasteiger partial charge is 0.145 e. The number of aliphatic hydroxyl groups is 1. The van der Waals surface area contributed by atoms with Crippen LogP contribution in [0.25, 0.3) is 0 Å². The first-order valence-corrected chi connectivity index (χ1v) is 6.63. The number of ether oxygens (including phenoxy) is 1. The molecule has 0 bridgehead atoms. The van der Waals surface area contributed by atoms with E-state index in [1.165, 1.54) is 0 Å². The molecule has 0 aliphatic carbocycles. The first-order valence-electron chi connectivity index (χ1n) is 6.63. The Labute approximate surface area is 119 Å². The summed E-state index contributed by atoms with van der Waals surface area (Å²) in [7, 11) is 1.62. The molecule has 114 valence electrons. The number of nitrogens with one attached hydrogen (secondary N) is 2. The van der Waals surface area contributed by atoms with Crippen LogP contribution >= 0.6 is 0 Å². The number of rotatable bonds is 7. The van der Waals surface area contributed by atoms with Crippen molar-refractivity contribution in [1.29, 1.82) is 0 Å². The first kappa shape index (κ1) is 16.6. The van der Waals surface area contributed by atoms with Crippen molar-refractivity contribution in [3.63, 3.8) is 0 Å². The van der Waals surface area contributed by atoms with Gasteiger partial charge in [0.15, 0.2) is 0 Å². The van der Waals surface area contributed by atoms with Gasteiger partial charge in [-0.25, -0.2) is 15.8 Å². The van der Waals surface area contributed by atoms with Crippen LogP contribution in [0.15, 0.2) is 6.07 Å². The molecular weight excluding hydrogens is 258 g/mol. The second kappa shape index (κ2) is 7.37. The fourth-order valence-corrected chi connectivity index (χ4v) is 1.69. The van der Waals surface area contributed by atoms with Gasteiger partial charge in [0, 0.05) is 25.2 Å². The van der Waals surface area contributed by atoms with Crippen molar-refractivity contribution in [2.75, 3.05) is 31.1 Å². The Kier molecular flexibility index (Phi) is 6.12. The minimum atomic E-state index is -0.184. The Morgan fingerprint density at radius 1 is 1.35 bits per heavy atom. The zero-order chi connectivity index (χ0) is 15.2. The van der Waals surface area contributed by atoms with Gasteiger partial charge in [-0.2, -0.15) is 0 Å². The van der Waals surface area contributed by atoms with Gasteiger partial charge in [0.1, 0.15) is 17.5 Å². The maximum Gasteiger partial charge on any atom is 0.145 e. The fraction of sp³-hybridized carbons (Fsp3) is 0.692. The normalized spacial score (nSPS) is 13.1. The van der Waals surface area contributed by atoms with Crippen LogP contribution in [-0.2, 0) is 10.2 Å². The highest BCUT2D eigenvalue weighted by Gasteiger charge is 2.20. The minimum Gasteiger partial charge on any atom is -0.396 e. The Balaban J connectivity index is 2.98. The number of nitrogen functional groups attached to an aromatic ring is 1. The van der Waals surface area contributed by atoms with Crippen molar-refractivity contribution >= 4 is 11.6 Å². The lowest BCUT2D eigenvalue weighted by Crippen LogP contribution is -2.28. The standard InChI is InChI=1S/C13H25N5O2/c1-13(2,3)12-16-10(7-11(17-12)18-14)15-9(5-6-19)8-20-4/h7,9,19H,5-6,8,14H2,1-4H3,(H2,15,16,17,18). The average Bonchev–Trinajstić information content (AvgIpc) is 2.38. The molecule has 1 unspecified atom stereocenters. The number of nitrogens with two attached hydrogens (primary N) is 1. The minimum absolute atomic E-state index is 0.0154. The number of hydrazine groups is 1. The molecule has 0 aliphatic heterocycles. The SMILES string of the molecule is COCC(CCO)Nc1cc(NN)nc(C(C)(C)C)n1. The Morgan fingerprint density at radius 2 is 2.00 bits per heavy atom. The topological polar surface area (TPSA) is 105 Å². The molecule has 0 aliphatic rings. The van der Waals surface area contributed by atoms with E-state index in [0.29, 0.717) is 30.5 Å². The van der Waals surface area contributed by atoms with Crippen LogP contribution in [0.2, 0.25) is 0 Å². The average molecular weight is 283 g/mol. The molecule has 1 rings (SSSR count). The summed E-state index contributed by atoms with van der Waals surface area (Å²) in [5.41, 5.74) is 2.36. The maximum absolute atomic E-state index is 9.07. The second-order valence-electron chi connectivity index (χ2n) is 5.67. The van der Waals surface area contributed by atoms with Crippen molar-refractivity contribution in [3.05, 3.63) is 11.9 Å². The molecule has 0 fully saturated rings. The monoisotopic (exact) mass is 283 g/mol. The second-order valence-corrected chi connectivity index (χ2v) is 5.67. The quantitative estimate of drug-likeness (QED) is 0.434. The number of hydrogen-bond donors (Lipinski definition) is 4. The van der Waals surface area contributed by atoms with Crippen molar-refractivity contribution in [3.8, 4) is 0 Å². The largest absolute Gasteiger partial charge is 0.396 e. The Hall–Kier alpha value is -1.44. The summed E-state index contributed by atoms with van der Waals surface area (Å²) in [6.45, 7) is 6.67. The molecule has 1 aromatic rings. The summed E-state index contributed by atoms with van der Waals surface area (Å²) in [4.78, 5) is 8.86. The molecule has 7 nitrogen and oxygen atoms in total. The van der Waals surface area contributed by atoms with E-state index in [9.17, 15) is 0 Å². The molecule has 7 heteroatoms. The molecule has 1 heterocycles. The third-order valence-electron chi connectivity index (χ3n) is 2.74. The van der Waals surface area contributed by atoms with Gasteiger partial charge in [0.2, 0.25) is 0 Å². The van der Waals surface area contributed by atoms with Crippen molar-refractivity contribution in [2.45, 2.75) is 38.6 Å². The van der Waals surface area contributed by atoms with Gasteiger partial charge in [0.25, 0.3) is 0 Å². The molecule has 1 aromatic heterocycles.